The average molecular weight is 262 g/mol. The summed E-state index contributed by atoms with van der Waals surface area (Å²) in [5, 5.41) is 1.47. The summed E-state index contributed by atoms with van der Waals surface area (Å²) in [6.45, 7) is 3.59. The van der Waals surface area contributed by atoms with Crippen LogP contribution < -0.4 is 0 Å². The first kappa shape index (κ1) is 14.0. The SMILES string of the molecule is CON(Cc1ccccc1)C(=O)[C@@H]1C(C)CCN1C. The molecule has 104 valence electrons. The molecular weight excluding hydrogens is 240 g/mol. The highest BCUT2D eigenvalue weighted by molar-refractivity contribution is 5.81. The third kappa shape index (κ3) is 3.14. The van der Waals surface area contributed by atoms with Gasteiger partial charge in [0.05, 0.1) is 19.7 Å². The molecule has 4 nitrogen and oxygen atoms in total. The van der Waals surface area contributed by atoms with Crippen LogP contribution in [0.1, 0.15) is 18.9 Å². The maximum atomic E-state index is 12.6. The number of carbonyl (C=O) groups is 1. The summed E-state index contributed by atoms with van der Waals surface area (Å²) in [6.07, 6.45) is 1.07. The zero-order chi connectivity index (χ0) is 13.8. The first-order chi connectivity index (χ1) is 9.13. The van der Waals surface area contributed by atoms with Gasteiger partial charge < -0.3 is 0 Å². The minimum Gasteiger partial charge on any atom is -0.295 e. The molecule has 0 aromatic heterocycles. The Morgan fingerprint density at radius 1 is 1.42 bits per heavy atom. The number of hydrogen-bond acceptors (Lipinski definition) is 3. The summed E-state index contributed by atoms with van der Waals surface area (Å²) in [5.41, 5.74) is 1.08. The van der Waals surface area contributed by atoms with Crippen molar-refractivity contribution in [1.29, 1.82) is 0 Å². The fourth-order valence-electron chi connectivity index (χ4n) is 2.70. The molecule has 0 bridgehead atoms. The largest absolute Gasteiger partial charge is 0.295 e. The van der Waals surface area contributed by atoms with Gasteiger partial charge in [-0.05, 0) is 31.5 Å². The summed E-state index contributed by atoms with van der Waals surface area (Å²) in [7, 11) is 3.56. The average Bonchev–Trinajstić information content (AvgIpc) is 2.76. The van der Waals surface area contributed by atoms with E-state index < -0.39 is 0 Å². The maximum Gasteiger partial charge on any atom is 0.264 e. The van der Waals surface area contributed by atoms with Gasteiger partial charge in [-0.15, -0.1) is 0 Å². The van der Waals surface area contributed by atoms with Crippen LogP contribution in [0.25, 0.3) is 0 Å². The minimum absolute atomic E-state index is 0.0545. The Hall–Kier alpha value is -1.39. The van der Waals surface area contributed by atoms with Crippen LogP contribution in [0.2, 0.25) is 0 Å². The third-order valence-electron chi connectivity index (χ3n) is 3.84. The molecule has 1 saturated heterocycles. The van der Waals surface area contributed by atoms with Gasteiger partial charge in [0.1, 0.15) is 0 Å². The normalized spacial score (nSPS) is 23.5. The molecule has 1 aromatic carbocycles. The topological polar surface area (TPSA) is 32.8 Å². The molecular formula is C15H22N2O2. The molecule has 1 unspecified atom stereocenters. The lowest BCUT2D eigenvalue weighted by Gasteiger charge is -2.28. The Labute approximate surface area is 114 Å². The summed E-state index contributed by atoms with van der Waals surface area (Å²) >= 11 is 0. The van der Waals surface area contributed by atoms with E-state index in [2.05, 4.69) is 11.8 Å². The molecule has 19 heavy (non-hydrogen) atoms. The third-order valence-corrected chi connectivity index (χ3v) is 3.84. The molecule has 2 rings (SSSR count). The van der Waals surface area contributed by atoms with Crippen molar-refractivity contribution in [1.82, 2.24) is 9.96 Å². The number of rotatable bonds is 4. The van der Waals surface area contributed by atoms with Gasteiger partial charge >= 0.3 is 0 Å². The molecule has 2 atom stereocenters. The number of likely N-dealkylation sites (N-methyl/N-ethyl adjacent to an activating group) is 1. The van der Waals surface area contributed by atoms with E-state index in [1.54, 1.807) is 7.11 Å². The predicted octanol–water partition coefficient (Wildman–Crippen LogP) is 1.92. The summed E-state index contributed by atoms with van der Waals surface area (Å²) in [6, 6.07) is 9.84. The van der Waals surface area contributed by atoms with Gasteiger partial charge in [-0.25, -0.2) is 5.06 Å². The maximum absolute atomic E-state index is 12.6. The number of benzene rings is 1. The van der Waals surface area contributed by atoms with Crippen molar-refractivity contribution < 1.29 is 9.63 Å². The van der Waals surface area contributed by atoms with Gasteiger partial charge in [-0.3, -0.25) is 14.5 Å². The Balaban J connectivity index is 2.07. The lowest BCUT2D eigenvalue weighted by atomic mass is 10.0. The monoisotopic (exact) mass is 262 g/mol. The highest BCUT2D eigenvalue weighted by Gasteiger charge is 2.37. The van der Waals surface area contributed by atoms with E-state index >= 15 is 0 Å². The molecule has 0 saturated carbocycles. The Bertz CT molecular complexity index is 411. The van der Waals surface area contributed by atoms with Crippen LogP contribution in [0.5, 0.6) is 0 Å². The zero-order valence-electron chi connectivity index (χ0n) is 11.9. The van der Waals surface area contributed by atoms with Crippen molar-refractivity contribution >= 4 is 5.91 Å². The summed E-state index contributed by atoms with van der Waals surface area (Å²) in [4.78, 5) is 20.0. The van der Waals surface area contributed by atoms with Crippen molar-refractivity contribution in [2.75, 3.05) is 20.7 Å². The van der Waals surface area contributed by atoms with Crippen LogP contribution in [0.15, 0.2) is 30.3 Å². The number of nitrogens with zero attached hydrogens (tertiary/aromatic N) is 2. The number of carbonyl (C=O) groups excluding carboxylic acids is 1. The van der Waals surface area contributed by atoms with Gasteiger partial charge in [-0.1, -0.05) is 37.3 Å². The van der Waals surface area contributed by atoms with E-state index in [0.29, 0.717) is 12.5 Å². The van der Waals surface area contributed by atoms with Crippen molar-refractivity contribution in [2.45, 2.75) is 25.9 Å². The second-order valence-electron chi connectivity index (χ2n) is 5.23. The van der Waals surface area contributed by atoms with Crippen molar-refractivity contribution in [3.8, 4) is 0 Å². The van der Waals surface area contributed by atoms with Crippen molar-refractivity contribution in [3.05, 3.63) is 35.9 Å². The van der Waals surface area contributed by atoms with Gasteiger partial charge in [0.15, 0.2) is 0 Å². The van der Waals surface area contributed by atoms with Gasteiger partial charge in [-0.2, -0.15) is 0 Å². The van der Waals surface area contributed by atoms with E-state index in [9.17, 15) is 4.79 Å². The molecule has 1 amide bonds. The molecule has 0 radical (unpaired) electrons. The van der Waals surface area contributed by atoms with E-state index in [1.807, 2.05) is 37.4 Å². The van der Waals surface area contributed by atoms with Gasteiger partial charge in [0.2, 0.25) is 0 Å². The number of likely N-dealkylation sites (tertiary alicyclic amines) is 1. The van der Waals surface area contributed by atoms with E-state index in [1.165, 1.54) is 5.06 Å². The fraction of sp³-hybridized carbons (Fsp3) is 0.533. The first-order valence-corrected chi connectivity index (χ1v) is 6.73. The van der Waals surface area contributed by atoms with Crippen LogP contribution in [0.4, 0.5) is 0 Å². The second-order valence-corrected chi connectivity index (χ2v) is 5.23. The van der Waals surface area contributed by atoms with Crippen LogP contribution in [-0.2, 0) is 16.2 Å². The smallest absolute Gasteiger partial charge is 0.264 e. The van der Waals surface area contributed by atoms with Crippen molar-refractivity contribution in [3.63, 3.8) is 0 Å². The van der Waals surface area contributed by atoms with Crippen LogP contribution >= 0.6 is 0 Å². The lowest BCUT2D eigenvalue weighted by molar-refractivity contribution is -0.184. The number of hydrogen-bond donors (Lipinski definition) is 0. The Kier molecular flexibility index (Phi) is 4.56. The van der Waals surface area contributed by atoms with Crippen molar-refractivity contribution in [2.24, 2.45) is 5.92 Å². The minimum atomic E-state index is -0.0661. The molecule has 1 aliphatic heterocycles. The summed E-state index contributed by atoms with van der Waals surface area (Å²) in [5.74, 6) is 0.435. The fourth-order valence-corrected chi connectivity index (χ4v) is 2.70. The zero-order valence-corrected chi connectivity index (χ0v) is 11.9. The molecule has 1 aromatic rings. The van der Waals surface area contributed by atoms with Gasteiger partial charge in [0, 0.05) is 0 Å². The molecule has 0 spiro atoms. The second kappa shape index (κ2) is 6.17. The van der Waals surface area contributed by atoms with Crippen LogP contribution in [-0.4, -0.2) is 42.6 Å². The number of amides is 1. The lowest BCUT2D eigenvalue weighted by Crippen LogP contribution is -2.45. The standard InChI is InChI=1S/C15H22N2O2/c1-12-9-10-16(2)14(12)15(18)17(19-3)11-13-7-5-4-6-8-13/h4-8,12,14H,9-11H2,1-3H3/t12?,14-/m0/s1. The highest BCUT2D eigenvalue weighted by atomic mass is 16.7. The van der Waals surface area contributed by atoms with Crippen LogP contribution in [0, 0.1) is 5.92 Å². The highest BCUT2D eigenvalue weighted by Crippen LogP contribution is 2.24. The quantitative estimate of drug-likeness (QED) is 0.777. The first-order valence-electron chi connectivity index (χ1n) is 6.73. The predicted molar refractivity (Wildman–Crippen MR) is 74.2 cm³/mol. The molecule has 1 heterocycles. The molecule has 1 aliphatic rings. The van der Waals surface area contributed by atoms with E-state index in [0.717, 1.165) is 18.5 Å². The number of hydroxylamine groups is 2. The molecule has 4 heteroatoms. The Morgan fingerprint density at radius 3 is 2.63 bits per heavy atom. The molecule has 1 fully saturated rings. The van der Waals surface area contributed by atoms with Gasteiger partial charge in [0.25, 0.3) is 5.91 Å². The van der Waals surface area contributed by atoms with E-state index in [4.69, 9.17) is 4.84 Å². The summed E-state index contributed by atoms with van der Waals surface area (Å²) < 4.78 is 0. The molecule has 0 N–H and O–H groups in total. The Morgan fingerprint density at radius 2 is 2.11 bits per heavy atom. The van der Waals surface area contributed by atoms with Crippen LogP contribution in [0.3, 0.4) is 0 Å². The molecule has 0 aliphatic carbocycles. The van der Waals surface area contributed by atoms with E-state index in [-0.39, 0.29) is 11.9 Å².